The Bertz CT molecular complexity index is 744. The third kappa shape index (κ3) is 6.91. The first kappa shape index (κ1) is 29.9. The maximum Gasteiger partial charge on any atom is 0.214 e. The van der Waals surface area contributed by atoms with Crippen LogP contribution in [0.5, 0.6) is 0 Å². The summed E-state index contributed by atoms with van der Waals surface area (Å²) >= 11 is 0. The molecule has 2 rings (SSSR count). The minimum atomic E-state index is -3.47. The van der Waals surface area contributed by atoms with E-state index in [-0.39, 0.29) is 31.3 Å². The van der Waals surface area contributed by atoms with Crippen LogP contribution < -0.4 is 0 Å². The second-order valence-electron chi connectivity index (χ2n) is 11.0. The minimum absolute atomic E-state index is 0.172. The van der Waals surface area contributed by atoms with E-state index in [0.717, 1.165) is 31.7 Å². The monoisotopic (exact) mass is 521 g/mol. The van der Waals surface area contributed by atoms with Crippen molar-refractivity contribution in [2.75, 3.05) is 60.4 Å². The highest BCUT2D eigenvalue weighted by atomic mass is 32.2. The minimum Gasteiger partial charge on any atom is -0.376 e. The van der Waals surface area contributed by atoms with Crippen LogP contribution in [0.3, 0.4) is 0 Å². The molecule has 0 N–H and O–H groups in total. The van der Waals surface area contributed by atoms with Crippen molar-refractivity contribution < 1.29 is 32.1 Å². The quantitative estimate of drug-likeness (QED) is 0.132. The van der Waals surface area contributed by atoms with Crippen molar-refractivity contribution in [1.29, 1.82) is 0 Å². The molecular weight excluding hydrogens is 474 g/mol. The summed E-state index contributed by atoms with van der Waals surface area (Å²) in [6.45, 7) is 12.5. The van der Waals surface area contributed by atoms with Gasteiger partial charge in [-0.1, -0.05) is 25.7 Å². The van der Waals surface area contributed by atoms with Crippen LogP contribution in [-0.4, -0.2) is 92.9 Å². The second kappa shape index (κ2) is 12.8. The number of ether oxygens (including phenoxy) is 5. The standard InChI is InChI=1S/C24H47NO7SSi/c1-8-11-24(30-4)12-9-21(10-15-31-19-28-2)23(18-32-20-29-3)13-14-25(22(23)24)33(26,27)16-17-34(5,6)7/h8,21-22H,1,9-20H2,2-7H3/t21-,22-,23+,24+/m1/s1. The number of hydrogen-bond acceptors (Lipinski definition) is 7. The number of rotatable bonds is 16. The van der Waals surface area contributed by atoms with E-state index in [2.05, 4.69) is 26.2 Å². The van der Waals surface area contributed by atoms with E-state index in [4.69, 9.17) is 23.7 Å². The van der Waals surface area contributed by atoms with Crippen molar-refractivity contribution in [1.82, 2.24) is 4.31 Å². The van der Waals surface area contributed by atoms with E-state index in [1.807, 2.05) is 6.08 Å². The first-order valence-corrected chi connectivity index (χ1v) is 17.6. The molecule has 4 atom stereocenters. The summed E-state index contributed by atoms with van der Waals surface area (Å²) in [6.07, 6.45) is 5.66. The molecule has 0 aromatic rings. The smallest absolute Gasteiger partial charge is 0.214 e. The summed E-state index contributed by atoms with van der Waals surface area (Å²) in [5.74, 6) is 0.417. The fraction of sp³-hybridized carbons (Fsp3) is 0.917. The Morgan fingerprint density at radius 1 is 1.09 bits per heavy atom. The van der Waals surface area contributed by atoms with Crippen LogP contribution in [0, 0.1) is 11.3 Å². The van der Waals surface area contributed by atoms with Crippen molar-refractivity contribution in [2.24, 2.45) is 11.3 Å². The first-order valence-electron chi connectivity index (χ1n) is 12.3. The molecule has 2 aliphatic rings. The van der Waals surface area contributed by atoms with Crippen LogP contribution in [0.1, 0.15) is 32.1 Å². The maximum absolute atomic E-state index is 13.8. The SMILES string of the molecule is C=CC[C@]1(OC)CC[C@H](CCOCOC)[C@@]2(COCOC)CCN(S(=O)(=O)CC[Si](C)(C)C)[C@@H]12. The van der Waals surface area contributed by atoms with Gasteiger partial charge in [0.15, 0.2) is 0 Å². The van der Waals surface area contributed by atoms with Crippen LogP contribution in [0.2, 0.25) is 25.7 Å². The van der Waals surface area contributed by atoms with E-state index in [1.165, 1.54) is 0 Å². The highest BCUT2D eigenvalue weighted by Crippen LogP contribution is 2.58. The Morgan fingerprint density at radius 3 is 2.35 bits per heavy atom. The van der Waals surface area contributed by atoms with E-state index < -0.39 is 29.1 Å². The average molecular weight is 522 g/mol. The highest BCUT2D eigenvalue weighted by Gasteiger charge is 2.65. The maximum atomic E-state index is 13.8. The predicted molar refractivity (Wildman–Crippen MR) is 137 cm³/mol. The predicted octanol–water partition coefficient (Wildman–Crippen LogP) is 3.72. The van der Waals surface area contributed by atoms with E-state index in [9.17, 15) is 8.42 Å². The lowest BCUT2D eigenvalue weighted by atomic mass is 9.57. The topological polar surface area (TPSA) is 83.5 Å². The highest BCUT2D eigenvalue weighted by molar-refractivity contribution is 7.89. The van der Waals surface area contributed by atoms with Crippen LogP contribution in [0.25, 0.3) is 0 Å². The van der Waals surface area contributed by atoms with Gasteiger partial charge in [-0.3, -0.25) is 0 Å². The van der Waals surface area contributed by atoms with Crippen molar-refractivity contribution in [3.8, 4) is 0 Å². The first-order chi connectivity index (χ1) is 16.0. The summed E-state index contributed by atoms with van der Waals surface area (Å²) in [4.78, 5) is 0. The Balaban J connectivity index is 2.48. The van der Waals surface area contributed by atoms with Gasteiger partial charge in [-0.2, -0.15) is 4.31 Å². The summed E-state index contributed by atoms with van der Waals surface area (Å²) in [6, 6.07) is 0.411. The molecule has 0 spiro atoms. The number of nitrogens with zero attached hydrogens (tertiary/aromatic N) is 1. The molecule has 10 heteroatoms. The van der Waals surface area contributed by atoms with Gasteiger partial charge in [0, 0.05) is 48.0 Å². The Hall–Kier alpha value is -0.333. The molecule has 2 fully saturated rings. The van der Waals surface area contributed by atoms with Crippen molar-refractivity contribution in [2.45, 2.75) is 69.4 Å². The van der Waals surface area contributed by atoms with Crippen molar-refractivity contribution in [3.63, 3.8) is 0 Å². The van der Waals surface area contributed by atoms with Crippen LogP contribution in [0.4, 0.5) is 0 Å². The Morgan fingerprint density at radius 2 is 1.76 bits per heavy atom. The molecule has 0 unspecified atom stereocenters. The number of hydrogen-bond donors (Lipinski definition) is 0. The Labute approximate surface area is 208 Å². The zero-order chi connectivity index (χ0) is 25.5. The van der Waals surface area contributed by atoms with E-state index >= 15 is 0 Å². The lowest BCUT2D eigenvalue weighted by Crippen LogP contribution is -2.65. The van der Waals surface area contributed by atoms with Crippen molar-refractivity contribution >= 4 is 18.1 Å². The molecule has 0 aromatic heterocycles. The molecule has 1 heterocycles. The van der Waals surface area contributed by atoms with Crippen LogP contribution >= 0.6 is 0 Å². The Kier molecular flexibility index (Phi) is 11.2. The van der Waals surface area contributed by atoms with Gasteiger partial charge in [-0.05, 0) is 44.1 Å². The fourth-order valence-corrected chi connectivity index (χ4v) is 10.7. The molecule has 200 valence electrons. The third-order valence-electron chi connectivity index (χ3n) is 7.61. The van der Waals surface area contributed by atoms with Crippen LogP contribution in [0.15, 0.2) is 12.7 Å². The van der Waals surface area contributed by atoms with Gasteiger partial charge in [0.1, 0.15) is 13.6 Å². The lowest BCUT2D eigenvalue weighted by Gasteiger charge is -2.56. The molecule has 8 nitrogen and oxygen atoms in total. The van der Waals surface area contributed by atoms with Crippen LogP contribution in [-0.2, 0) is 33.7 Å². The summed E-state index contributed by atoms with van der Waals surface area (Å²) < 4.78 is 57.4. The summed E-state index contributed by atoms with van der Waals surface area (Å²) in [5, 5.41) is 0. The molecule has 0 aromatic carbocycles. The second-order valence-corrected chi connectivity index (χ2v) is 18.6. The van der Waals surface area contributed by atoms with Gasteiger partial charge in [-0.25, -0.2) is 8.42 Å². The van der Waals surface area contributed by atoms with E-state index in [0.29, 0.717) is 26.2 Å². The molecule has 1 aliphatic heterocycles. The van der Waals surface area contributed by atoms with Gasteiger partial charge in [-0.15, -0.1) is 6.58 Å². The third-order valence-corrected chi connectivity index (χ3v) is 11.5. The fourth-order valence-electron chi connectivity index (χ4n) is 5.92. The van der Waals surface area contributed by atoms with Gasteiger partial charge < -0.3 is 23.7 Å². The zero-order valence-electron chi connectivity index (χ0n) is 22.1. The lowest BCUT2D eigenvalue weighted by molar-refractivity contribution is -0.168. The molecule has 0 amide bonds. The number of sulfonamides is 1. The molecule has 34 heavy (non-hydrogen) atoms. The van der Waals surface area contributed by atoms with Gasteiger partial charge >= 0.3 is 0 Å². The molecule has 0 bridgehead atoms. The zero-order valence-corrected chi connectivity index (χ0v) is 24.0. The molecule has 1 saturated carbocycles. The number of methoxy groups -OCH3 is 3. The van der Waals surface area contributed by atoms with Gasteiger partial charge in [0.2, 0.25) is 10.0 Å². The molecule has 0 radical (unpaired) electrons. The van der Waals surface area contributed by atoms with Gasteiger partial charge in [0.25, 0.3) is 0 Å². The molecule has 1 saturated heterocycles. The largest absolute Gasteiger partial charge is 0.376 e. The average Bonchev–Trinajstić information content (AvgIpc) is 3.19. The summed E-state index contributed by atoms with van der Waals surface area (Å²) in [7, 11) is -0.0775. The normalized spacial score (nSPS) is 30.4. The van der Waals surface area contributed by atoms with Crippen molar-refractivity contribution in [3.05, 3.63) is 12.7 Å². The number of fused-ring (bicyclic) bond motifs is 1. The molecular formula is C24H47NO7SSi. The van der Waals surface area contributed by atoms with E-state index in [1.54, 1.807) is 25.6 Å². The summed E-state index contributed by atoms with van der Waals surface area (Å²) in [5.41, 5.74) is -1.02. The molecule has 1 aliphatic carbocycles. The van der Waals surface area contributed by atoms with Gasteiger partial charge in [0.05, 0.1) is 24.0 Å².